The number of nitrogens with one attached hydrogen (secondary N) is 2. The summed E-state index contributed by atoms with van der Waals surface area (Å²) < 4.78 is 13.5. The van der Waals surface area contributed by atoms with Gasteiger partial charge in [-0.1, -0.05) is 42.5 Å². The van der Waals surface area contributed by atoms with Crippen molar-refractivity contribution in [3.05, 3.63) is 77.7 Å². The smallest absolute Gasteiger partial charge is 0.410 e. The van der Waals surface area contributed by atoms with Crippen LogP contribution < -0.4 is 5.73 Å². The van der Waals surface area contributed by atoms with E-state index in [0.717, 1.165) is 34.1 Å². The second kappa shape index (κ2) is 10.7. The van der Waals surface area contributed by atoms with E-state index in [0.29, 0.717) is 31.9 Å². The molecule has 0 saturated carbocycles. The minimum absolute atomic E-state index is 0.181. The minimum Gasteiger partial charge on any atom is -0.444 e. The van der Waals surface area contributed by atoms with Gasteiger partial charge in [0.1, 0.15) is 23.9 Å². The largest absolute Gasteiger partial charge is 0.444 e. The molecular weight excluding hydrogens is 494 g/mol. The highest BCUT2D eigenvalue weighted by Crippen LogP contribution is 2.32. The van der Waals surface area contributed by atoms with Crippen molar-refractivity contribution in [1.29, 1.82) is 5.41 Å². The highest BCUT2D eigenvalue weighted by molar-refractivity contribution is 6.05. The average Bonchev–Trinajstić information content (AvgIpc) is 3.52. The fourth-order valence-corrected chi connectivity index (χ4v) is 4.63. The Balaban J connectivity index is 1.45. The molecule has 3 heterocycles. The number of fused-ring (bicyclic) bond motifs is 1. The summed E-state index contributed by atoms with van der Waals surface area (Å²) in [7, 11) is 0. The fraction of sp³-hybridized carbons (Fsp3) is 0.310. The molecule has 10 heteroatoms. The number of carbonyl (C=O) groups excluding carboxylic acids is 1. The molecule has 1 amide bonds. The molecule has 39 heavy (non-hydrogen) atoms. The standard InChI is InChI=1S/C29H33N7O3/c1-29(2,3)39-28(37)35-11-12-38-25(17-35)24-14-22(26(33-24)27(31)32-18-30)20-9-10-21-16-36(34-23(21)13-20)15-19-7-5-4-6-8-19/h4-10,13-14,16,18,25,33H,11-12,15,17H2,1-3H3,(H3,30,31,32). The molecule has 2 aromatic heterocycles. The summed E-state index contributed by atoms with van der Waals surface area (Å²) >= 11 is 0. The summed E-state index contributed by atoms with van der Waals surface area (Å²) in [5, 5.41) is 13.2. The molecular formula is C29H33N7O3. The van der Waals surface area contributed by atoms with E-state index in [9.17, 15) is 4.79 Å². The summed E-state index contributed by atoms with van der Waals surface area (Å²) in [4.78, 5) is 21.7. The molecule has 0 radical (unpaired) electrons. The summed E-state index contributed by atoms with van der Waals surface area (Å²) in [5.74, 6) is 0.181. The Hall–Kier alpha value is -4.44. The molecule has 0 aliphatic carbocycles. The van der Waals surface area contributed by atoms with Crippen LogP contribution in [-0.2, 0) is 16.0 Å². The molecule has 0 bridgehead atoms. The first-order chi connectivity index (χ1) is 18.7. The molecule has 202 valence electrons. The molecule has 2 aromatic carbocycles. The quantitative estimate of drug-likeness (QED) is 0.247. The maximum atomic E-state index is 12.7. The number of aromatic nitrogens is 3. The highest BCUT2D eigenvalue weighted by Gasteiger charge is 2.30. The van der Waals surface area contributed by atoms with Crippen LogP contribution in [0.2, 0.25) is 0 Å². The number of aromatic amines is 1. The van der Waals surface area contributed by atoms with Gasteiger partial charge in [-0.2, -0.15) is 5.10 Å². The van der Waals surface area contributed by atoms with Crippen LogP contribution in [0.4, 0.5) is 4.79 Å². The van der Waals surface area contributed by atoms with Crippen molar-refractivity contribution in [2.24, 2.45) is 10.7 Å². The van der Waals surface area contributed by atoms with Crippen LogP contribution in [0.3, 0.4) is 0 Å². The van der Waals surface area contributed by atoms with Crippen LogP contribution >= 0.6 is 0 Å². The molecule has 1 fully saturated rings. The number of H-pyrrole nitrogens is 1. The predicted molar refractivity (Wildman–Crippen MR) is 151 cm³/mol. The van der Waals surface area contributed by atoms with Gasteiger partial charge < -0.3 is 25.1 Å². The number of carbonyl (C=O) groups is 1. The summed E-state index contributed by atoms with van der Waals surface area (Å²) in [6, 6.07) is 18.2. The first-order valence-corrected chi connectivity index (χ1v) is 12.9. The van der Waals surface area contributed by atoms with E-state index in [1.165, 1.54) is 5.56 Å². The maximum Gasteiger partial charge on any atom is 0.410 e. The molecule has 1 aliphatic rings. The van der Waals surface area contributed by atoms with Crippen LogP contribution in [0.1, 0.15) is 43.8 Å². The third-order valence-electron chi connectivity index (χ3n) is 6.42. The van der Waals surface area contributed by atoms with Crippen molar-refractivity contribution >= 4 is 29.2 Å². The monoisotopic (exact) mass is 527 g/mol. The lowest BCUT2D eigenvalue weighted by molar-refractivity contribution is -0.0445. The average molecular weight is 528 g/mol. The SMILES string of the molecule is CC(C)(C)OC(=O)N1CCOC(c2cc(-c3ccc4cn(Cc5ccccc5)nc4c3)c(C(N)=NC=N)[nH]2)C1. The number of nitrogens with zero attached hydrogens (tertiary/aromatic N) is 4. The van der Waals surface area contributed by atoms with E-state index in [2.05, 4.69) is 22.1 Å². The number of amidine groups is 1. The van der Waals surface area contributed by atoms with Gasteiger partial charge in [-0.3, -0.25) is 10.1 Å². The van der Waals surface area contributed by atoms with Gasteiger partial charge in [0.25, 0.3) is 0 Å². The van der Waals surface area contributed by atoms with Crippen LogP contribution in [0.15, 0.2) is 65.8 Å². The normalized spacial score (nSPS) is 16.4. The molecule has 4 N–H and O–H groups in total. The molecule has 1 saturated heterocycles. The molecule has 5 rings (SSSR count). The van der Waals surface area contributed by atoms with Gasteiger partial charge in [0.2, 0.25) is 0 Å². The summed E-state index contributed by atoms with van der Waals surface area (Å²) in [6.07, 6.45) is 2.17. The van der Waals surface area contributed by atoms with Crippen LogP contribution in [0.25, 0.3) is 22.0 Å². The van der Waals surface area contributed by atoms with E-state index in [1.54, 1.807) is 4.90 Å². The van der Waals surface area contributed by atoms with E-state index in [-0.39, 0.29) is 11.9 Å². The Morgan fingerprint density at radius 1 is 1.26 bits per heavy atom. The van der Waals surface area contributed by atoms with Crippen molar-refractivity contribution in [3.63, 3.8) is 0 Å². The third kappa shape index (κ3) is 6.01. The van der Waals surface area contributed by atoms with Gasteiger partial charge in [-0.05, 0) is 44.0 Å². The van der Waals surface area contributed by atoms with Gasteiger partial charge in [0.15, 0.2) is 0 Å². The lowest BCUT2D eigenvalue weighted by Crippen LogP contribution is -2.44. The van der Waals surface area contributed by atoms with E-state index < -0.39 is 11.7 Å². The van der Waals surface area contributed by atoms with Crippen molar-refractivity contribution in [3.8, 4) is 11.1 Å². The number of benzene rings is 2. The Bertz CT molecular complexity index is 1510. The van der Waals surface area contributed by atoms with Crippen molar-refractivity contribution in [2.45, 2.75) is 39.0 Å². The van der Waals surface area contributed by atoms with E-state index >= 15 is 0 Å². The summed E-state index contributed by atoms with van der Waals surface area (Å²) in [5.41, 5.74) is 10.7. The van der Waals surface area contributed by atoms with E-state index in [4.69, 9.17) is 25.7 Å². The third-order valence-corrected chi connectivity index (χ3v) is 6.42. The van der Waals surface area contributed by atoms with Crippen LogP contribution in [0, 0.1) is 5.41 Å². The number of nitrogens with two attached hydrogens (primary N) is 1. The molecule has 4 aromatic rings. The van der Waals surface area contributed by atoms with Crippen molar-refractivity contribution in [2.75, 3.05) is 19.7 Å². The van der Waals surface area contributed by atoms with Crippen LogP contribution in [0.5, 0.6) is 0 Å². The first kappa shape index (κ1) is 26.2. The number of rotatable bonds is 6. The molecule has 10 nitrogen and oxygen atoms in total. The molecule has 1 aliphatic heterocycles. The zero-order chi connectivity index (χ0) is 27.6. The lowest BCUT2D eigenvalue weighted by atomic mass is 10.0. The lowest BCUT2D eigenvalue weighted by Gasteiger charge is -2.33. The number of hydrogen-bond acceptors (Lipinski definition) is 5. The van der Waals surface area contributed by atoms with Gasteiger partial charge in [0.05, 0.1) is 30.9 Å². The highest BCUT2D eigenvalue weighted by atomic mass is 16.6. The van der Waals surface area contributed by atoms with E-state index in [1.807, 2.05) is 74.1 Å². The van der Waals surface area contributed by atoms with Gasteiger partial charge in [-0.15, -0.1) is 0 Å². The summed E-state index contributed by atoms with van der Waals surface area (Å²) in [6.45, 7) is 7.38. The Morgan fingerprint density at radius 3 is 2.79 bits per heavy atom. The maximum absolute atomic E-state index is 12.7. The zero-order valence-corrected chi connectivity index (χ0v) is 22.3. The Kier molecular flexibility index (Phi) is 7.21. The van der Waals surface area contributed by atoms with Crippen molar-refractivity contribution < 1.29 is 14.3 Å². The van der Waals surface area contributed by atoms with Gasteiger partial charge in [-0.25, -0.2) is 9.79 Å². The van der Waals surface area contributed by atoms with Crippen molar-refractivity contribution in [1.82, 2.24) is 19.7 Å². The second-order valence-electron chi connectivity index (χ2n) is 10.5. The number of amides is 1. The number of hydrogen-bond donors (Lipinski definition) is 3. The molecule has 0 spiro atoms. The molecule has 1 unspecified atom stereocenters. The fourth-order valence-electron chi connectivity index (χ4n) is 4.63. The number of ether oxygens (including phenoxy) is 2. The molecule has 1 atom stereocenters. The Labute approximate surface area is 226 Å². The van der Waals surface area contributed by atoms with Gasteiger partial charge >= 0.3 is 6.09 Å². The number of aliphatic imine (C=N–C) groups is 1. The Morgan fingerprint density at radius 2 is 2.05 bits per heavy atom. The number of morpholine rings is 1. The van der Waals surface area contributed by atoms with Gasteiger partial charge in [0, 0.05) is 29.4 Å². The zero-order valence-electron chi connectivity index (χ0n) is 22.3. The van der Waals surface area contributed by atoms with Crippen LogP contribution in [-0.4, -0.2) is 63.2 Å². The first-order valence-electron chi connectivity index (χ1n) is 12.9. The predicted octanol–water partition coefficient (Wildman–Crippen LogP) is 4.70. The second-order valence-corrected chi connectivity index (χ2v) is 10.5. The topological polar surface area (TPSA) is 135 Å². The minimum atomic E-state index is -0.581.